The van der Waals surface area contributed by atoms with Gasteiger partial charge in [0.1, 0.15) is 0 Å². The summed E-state index contributed by atoms with van der Waals surface area (Å²) in [6, 6.07) is 9.18. The van der Waals surface area contributed by atoms with Gasteiger partial charge in [0.05, 0.1) is 18.8 Å². The SMILES string of the molecule is O=C(NCCOCc1ccc(Cl)cc1)c1cncc(Br)c1. The number of nitrogens with one attached hydrogen (secondary N) is 1. The summed E-state index contributed by atoms with van der Waals surface area (Å²) in [5.74, 6) is -0.168. The van der Waals surface area contributed by atoms with Crippen molar-refractivity contribution in [3.63, 3.8) is 0 Å². The van der Waals surface area contributed by atoms with Gasteiger partial charge in [-0.1, -0.05) is 23.7 Å². The van der Waals surface area contributed by atoms with Crippen LogP contribution in [0.1, 0.15) is 15.9 Å². The molecule has 0 saturated carbocycles. The first-order valence-electron chi connectivity index (χ1n) is 6.36. The van der Waals surface area contributed by atoms with E-state index in [0.717, 1.165) is 10.0 Å². The predicted octanol–water partition coefficient (Wildman–Crippen LogP) is 3.44. The Morgan fingerprint density at radius 2 is 2.05 bits per heavy atom. The number of ether oxygens (including phenoxy) is 1. The Balaban J connectivity index is 1.68. The summed E-state index contributed by atoms with van der Waals surface area (Å²) < 4.78 is 6.26. The average molecular weight is 370 g/mol. The van der Waals surface area contributed by atoms with E-state index in [1.54, 1.807) is 12.3 Å². The summed E-state index contributed by atoms with van der Waals surface area (Å²) in [4.78, 5) is 15.8. The summed E-state index contributed by atoms with van der Waals surface area (Å²) >= 11 is 9.08. The molecule has 4 nitrogen and oxygen atoms in total. The molecule has 0 atom stereocenters. The Morgan fingerprint density at radius 1 is 1.29 bits per heavy atom. The van der Waals surface area contributed by atoms with Crippen molar-refractivity contribution < 1.29 is 9.53 Å². The molecule has 0 unspecified atom stereocenters. The molecule has 0 saturated heterocycles. The van der Waals surface area contributed by atoms with Crippen LogP contribution in [0.4, 0.5) is 0 Å². The molecule has 0 spiro atoms. The first kappa shape index (κ1) is 15.9. The van der Waals surface area contributed by atoms with E-state index < -0.39 is 0 Å². The Morgan fingerprint density at radius 3 is 2.76 bits per heavy atom. The molecule has 1 N–H and O–H groups in total. The van der Waals surface area contributed by atoms with Gasteiger partial charge in [0.2, 0.25) is 0 Å². The third-order valence-electron chi connectivity index (χ3n) is 2.68. The molecule has 0 aliphatic heterocycles. The minimum atomic E-state index is -0.168. The lowest BCUT2D eigenvalue weighted by molar-refractivity contribution is 0.0900. The molecule has 0 radical (unpaired) electrons. The zero-order valence-electron chi connectivity index (χ0n) is 11.2. The number of hydrogen-bond acceptors (Lipinski definition) is 3. The fourth-order valence-electron chi connectivity index (χ4n) is 1.65. The Bertz CT molecular complexity index is 605. The second kappa shape index (κ2) is 8.12. The highest BCUT2D eigenvalue weighted by atomic mass is 79.9. The molecule has 110 valence electrons. The summed E-state index contributed by atoms with van der Waals surface area (Å²) in [5.41, 5.74) is 1.56. The molecular weight excluding hydrogens is 356 g/mol. The number of halogens is 2. The van der Waals surface area contributed by atoms with Gasteiger partial charge >= 0.3 is 0 Å². The monoisotopic (exact) mass is 368 g/mol. The van der Waals surface area contributed by atoms with Crippen molar-refractivity contribution in [1.29, 1.82) is 0 Å². The molecule has 0 bridgehead atoms. The molecule has 1 heterocycles. The molecule has 2 aromatic rings. The van der Waals surface area contributed by atoms with Crippen molar-refractivity contribution in [2.45, 2.75) is 6.61 Å². The number of pyridine rings is 1. The smallest absolute Gasteiger partial charge is 0.252 e. The largest absolute Gasteiger partial charge is 0.375 e. The molecular formula is C15H14BrClN2O2. The molecule has 0 aliphatic rings. The van der Waals surface area contributed by atoms with Gasteiger partial charge in [0, 0.05) is 28.4 Å². The van der Waals surface area contributed by atoms with Gasteiger partial charge in [-0.05, 0) is 39.7 Å². The van der Waals surface area contributed by atoms with Crippen molar-refractivity contribution >= 4 is 33.4 Å². The Kier molecular flexibility index (Phi) is 6.17. The van der Waals surface area contributed by atoms with Gasteiger partial charge < -0.3 is 10.1 Å². The maximum absolute atomic E-state index is 11.8. The lowest BCUT2D eigenvalue weighted by Crippen LogP contribution is -2.27. The van der Waals surface area contributed by atoms with E-state index in [9.17, 15) is 4.79 Å². The minimum Gasteiger partial charge on any atom is -0.375 e. The quantitative estimate of drug-likeness (QED) is 0.794. The van der Waals surface area contributed by atoms with Crippen LogP contribution in [-0.4, -0.2) is 24.0 Å². The third-order valence-corrected chi connectivity index (χ3v) is 3.37. The summed E-state index contributed by atoms with van der Waals surface area (Å²) in [7, 11) is 0. The van der Waals surface area contributed by atoms with Gasteiger partial charge in [-0.25, -0.2) is 0 Å². The maximum atomic E-state index is 11.8. The van der Waals surface area contributed by atoms with E-state index in [-0.39, 0.29) is 5.91 Å². The van der Waals surface area contributed by atoms with Gasteiger partial charge in [-0.2, -0.15) is 0 Å². The van der Waals surface area contributed by atoms with Crippen LogP contribution in [-0.2, 0) is 11.3 Å². The number of carbonyl (C=O) groups excluding carboxylic acids is 1. The molecule has 0 fully saturated rings. The second-order valence-corrected chi connectivity index (χ2v) is 5.68. The number of carbonyl (C=O) groups is 1. The maximum Gasteiger partial charge on any atom is 0.252 e. The number of amides is 1. The fraction of sp³-hybridized carbons (Fsp3) is 0.200. The number of benzene rings is 1. The minimum absolute atomic E-state index is 0.168. The molecule has 0 aliphatic carbocycles. The summed E-state index contributed by atoms with van der Waals surface area (Å²) in [5, 5.41) is 3.48. The van der Waals surface area contributed by atoms with Crippen LogP contribution in [0.15, 0.2) is 47.2 Å². The van der Waals surface area contributed by atoms with Crippen molar-refractivity contribution in [2.75, 3.05) is 13.2 Å². The van der Waals surface area contributed by atoms with Crippen LogP contribution in [0.3, 0.4) is 0 Å². The van der Waals surface area contributed by atoms with E-state index in [2.05, 4.69) is 26.2 Å². The first-order valence-corrected chi connectivity index (χ1v) is 7.53. The standard InChI is InChI=1S/C15H14BrClN2O2/c16-13-7-12(8-18-9-13)15(20)19-5-6-21-10-11-1-3-14(17)4-2-11/h1-4,7-9H,5-6,10H2,(H,19,20). The van der Waals surface area contributed by atoms with Crippen LogP contribution in [0, 0.1) is 0 Å². The third kappa shape index (κ3) is 5.46. The lowest BCUT2D eigenvalue weighted by Gasteiger charge is -2.07. The van der Waals surface area contributed by atoms with Crippen molar-refractivity contribution in [3.05, 3.63) is 63.3 Å². The molecule has 1 amide bonds. The van der Waals surface area contributed by atoms with E-state index >= 15 is 0 Å². The molecule has 21 heavy (non-hydrogen) atoms. The van der Waals surface area contributed by atoms with Crippen LogP contribution in [0.5, 0.6) is 0 Å². The lowest BCUT2D eigenvalue weighted by atomic mass is 10.2. The first-order chi connectivity index (χ1) is 10.1. The highest BCUT2D eigenvalue weighted by Crippen LogP contribution is 2.10. The Labute approximate surface area is 136 Å². The van der Waals surface area contributed by atoms with Gasteiger partial charge in [0.25, 0.3) is 5.91 Å². The summed E-state index contributed by atoms with van der Waals surface area (Å²) in [6.45, 7) is 1.38. The van der Waals surface area contributed by atoms with Crippen molar-refractivity contribution in [2.24, 2.45) is 0 Å². The molecule has 2 rings (SSSR count). The van der Waals surface area contributed by atoms with Gasteiger partial charge in [-0.15, -0.1) is 0 Å². The van der Waals surface area contributed by atoms with Crippen LogP contribution in [0.2, 0.25) is 5.02 Å². The topological polar surface area (TPSA) is 51.2 Å². The Hall–Kier alpha value is -1.43. The highest BCUT2D eigenvalue weighted by molar-refractivity contribution is 9.10. The number of aromatic nitrogens is 1. The van der Waals surface area contributed by atoms with E-state index in [0.29, 0.717) is 30.3 Å². The van der Waals surface area contributed by atoms with Gasteiger partial charge in [-0.3, -0.25) is 9.78 Å². The van der Waals surface area contributed by atoms with Crippen LogP contribution < -0.4 is 5.32 Å². The zero-order valence-corrected chi connectivity index (χ0v) is 13.5. The molecule has 1 aromatic heterocycles. The molecule has 1 aromatic carbocycles. The van der Waals surface area contributed by atoms with Gasteiger partial charge in [0.15, 0.2) is 0 Å². The van der Waals surface area contributed by atoms with Crippen molar-refractivity contribution in [3.8, 4) is 0 Å². The highest BCUT2D eigenvalue weighted by Gasteiger charge is 2.05. The summed E-state index contributed by atoms with van der Waals surface area (Å²) in [6.07, 6.45) is 3.15. The van der Waals surface area contributed by atoms with E-state index in [1.165, 1.54) is 6.20 Å². The molecule has 6 heteroatoms. The second-order valence-electron chi connectivity index (χ2n) is 4.33. The van der Waals surface area contributed by atoms with Crippen molar-refractivity contribution in [1.82, 2.24) is 10.3 Å². The van der Waals surface area contributed by atoms with Crippen LogP contribution >= 0.6 is 27.5 Å². The predicted molar refractivity (Wildman–Crippen MR) is 85.4 cm³/mol. The van der Waals surface area contributed by atoms with E-state index in [4.69, 9.17) is 16.3 Å². The average Bonchev–Trinajstić information content (AvgIpc) is 2.48. The number of nitrogens with zero attached hydrogens (tertiary/aromatic N) is 1. The number of rotatable bonds is 6. The number of hydrogen-bond donors (Lipinski definition) is 1. The van der Waals surface area contributed by atoms with E-state index in [1.807, 2.05) is 24.3 Å². The zero-order chi connectivity index (χ0) is 15.1. The normalized spacial score (nSPS) is 10.4. The van der Waals surface area contributed by atoms with Crippen LogP contribution in [0.25, 0.3) is 0 Å². The fourth-order valence-corrected chi connectivity index (χ4v) is 2.14.